The van der Waals surface area contributed by atoms with E-state index in [1.807, 2.05) is 42.5 Å². The van der Waals surface area contributed by atoms with Crippen molar-refractivity contribution in [1.29, 1.82) is 0 Å². The Morgan fingerprint density at radius 3 is 2.52 bits per heavy atom. The van der Waals surface area contributed by atoms with E-state index in [1.54, 1.807) is 12.1 Å². The van der Waals surface area contributed by atoms with Crippen LogP contribution in [-0.2, 0) is 16.1 Å². The van der Waals surface area contributed by atoms with E-state index in [4.69, 9.17) is 0 Å². The molecule has 3 rings (SSSR count). The van der Waals surface area contributed by atoms with Crippen LogP contribution in [0, 0.1) is 0 Å². The fourth-order valence-electron chi connectivity index (χ4n) is 2.70. The molecule has 0 aromatic heterocycles. The number of hydrogen-bond acceptors (Lipinski definition) is 4. The van der Waals surface area contributed by atoms with Crippen LogP contribution in [0.3, 0.4) is 0 Å². The van der Waals surface area contributed by atoms with Crippen LogP contribution < -0.4 is 16.0 Å². The van der Waals surface area contributed by atoms with E-state index in [-0.39, 0.29) is 17.7 Å². The Kier molecular flexibility index (Phi) is 5.20. The van der Waals surface area contributed by atoms with E-state index in [1.165, 1.54) is 0 Å². The molecule has 1 aliphatic rings. The predicted octanol–water partition coefficient (Wildman–Crippen LogP) is 1.83. The molecule has 0 aliphatic carbocycles. The Labute approximate surface area is 145 Å². The summed E-state index contributed by atoms with van der Waals surface area (Å²) in [4.78, 5) is 35.3. The largest absolute Gasteiger partial charge is 0.322 e. The Morgan fingerprint density at radius 1 is 1.04 bits per heavy atom. The number of rotatable bonds is 5. The van der Waals surface area contributed by atoms with Crippen molar-refractivity contribution in [2.75, 3.05) is 5.32 Å². The summed E-state index contributed by atoms with van der Waals surface area (Å²) in [6, 6.07) is 16.0. The second kappa shape index (κ2) is 7.72. The Balaban J connectivity index is 1.66. The van der Waals surface area contributed by atoms with Gasteiger partial charge in [0.1, 0.15) is 0 Å². The number of benzene rings is 2. The quantitative estimate of drug-likeness (QED) is 0.727. The lowest BCUT2D eigenvalue weighted by atomic mass is 10.1. The molecule has 6 nitrogen and oxygen atoms in total. The van der Waals surface area contributed by atoms with Crippen LogP contribution >= 0.6 is 0 Å². The topological polar surface area (TPSA) is 87.3 Å². The van der Waals surface area contributed by atoms with Crippen LogP contribution in [0.2, 0.25) is 0 Å². The number of nitrogens with one attached hydrogen (secondary N) is 3. The minimum Gasteiger partial charge on any atom is -0.322 e. The third-order valence-electron chi connectivity index (χ3n) is 4.08. The summed E-state index contributed by atoms with van der Waals surface area (Å²) in [7, 11) is 0. The Bertz CT molecular complexity index is 790. The summed E-state index contributed by atoms with van der Waals surface area (Å²) in [6.07, 6.45) is 0.805. The molecule has 1 fully saturated rings. The highest BCUT2D eigenvalue weighted by Gasteiger charge is 2.26. The number of carbonyl (C=O) groups excluding carboxylic acids is 3. The van der Waals surface area contributed by atoms with Crippen LogP contribution in [0.25, 0.3) is 0 Å². The van der Waals surface area contributed by atoms with Crippen molar-refractivity contribution < 1.29 is 14.4 Å². The molecule has 1 heterocycles. The standard InChI is InChI=1S/C19H19N3O3/c23-17-11-10-16(19(25)22-17)20-12-14-8-4-5-9-15(14)21-18(24)13-6-2-1-3-7-13/h1-9,16,20H,10-12H2,(H,21,24)(H,22,23,25). The molecule has 1 saturated heterocycles. The minimum absolute atomic E-state index is 0.186. The van der Waals surface area contributed by atoms with E-state index in [2.05, 4.69) is 16.0 Å². The maximum Gasteiger partial charge on any atom is 0.255 e. The summed E-state index contributed by atoms with van der Waals surface area (Å²) in [5, 5.41) is 8.37. The van der Waals surface area contributed by atoms with Gasteiger partial charge >= 0.3 is 0 Å². The van der Waals surface area contributed by atoms with Gasteiger partial charge in [0.15, 0.2) is 0 Å². The summed E-state index contributed by atoms with van der Waals surface area (Å²) >= 11 is 0. The van der Waals surface area contributed by atoms with Crippen molar-refractivity contribution in [3.63, 3.8) is 0 Å². The van der Waals surface area contributed by atoms with E-state index in [9.17, 15) is 14.4 Å². The minimum atomic E-state index is -0.407. The van der Waals surface area contributed by atoms with Gasteiger partial charge < -0.3 is 10.6 Å². The molecule has 25 heavy (non-hydrogen) atoms. The highest BCUT2D eigenvalue weighted by atomic mass is 16.2. The van der Waals surface area contributed by atoms with Crippen molar-refractivity contribution in [2.24, 2.45) is 0 Å². The molecule has 128 valence electrons. The fraction of sp³-hybridized carbons (Fsp3) is 0.211. The monoisotopic (exact) mass is 337 g/mol. The van der Waals surface area contributed by atoms with E-state index < -0.39 is 6.04 Å². The molecule has 3 amide bonds. The lowest BCUT2D eigenvalue weighted by Crippen LogP contribution is -2.50. The van der Waals surface area contributed by atoms with Gasteiger partial charge in [0.05, 0.1) is 6.04 Å². The molecule has 0 radical (unpaired) electrons. The van der Waals surface area contributed by atoms with Gasteiger partial charge in [-0.05, 0) is 30.2 Å². The molecular formula is C19H19N3O3. The van der Waals surface area contributed by atoms with Crippen molar-refractivity contribution in [3.05, 3.63) is 65.7 Å². The Morgan fingerprint density at radius 2 is 1.76 bits per heavy atom. The van der Waals surface area contributed by atoms with Crippen molar-refractivity contribution in [1.82, 2.24) is 10.6 Å². The third kappa shape index (κ3) is 4.30. The molecule has 3 N–H and O–H groups in total. The second-order valence-corrected chi connectivity index (χ2v) is 5.86. The molecule has 1 atom stereocenters. The first-order valence-electron chi connectivity index (χ1n) is 8.15. The molecule has 0 saturated carbocycles. The SMILES string of the molecule is O=C1CCC(NCc2ccccc2NC(=O)c2ccccc2)C(=O)N1. The van der Waals surface area contributed by atoms with E-state index >= 15 is 0 Å². The highest BCUT2D eigenvalue weighted by Crippen LogP contribution is 2.17. The molecule has 1 unspecified atom stereocenters. The first-order chi connectivity index (χ1) is 12.1. The van der Waals surface area contributed by atoms with Crippen molar-refractivity contribution in [2.45, 2.75) is 25.4 Å². The van der Waals surface area contributed by atoms with Gasteiger partial charge in [0.2, 0.25) is 11.8 Å². The predicted molar refractivity (Wildman–Crippen MR) is 93.8 cm³/mol. The third-order valence-corrected chi connectivity index (χ3v) is 4.08. The number of carbonyl (C=O) groups is 3. The highest BCUT2D eigenvalue weighted by molar-refractivity contribution is 6.04. The molecule has 1 aliphatic heterocycles. The zero-order valence-corrected chi connectivity index (χ0v) is 13.6. The molecule has 2 aromatic rings. The van der Waals surface area contributed by atoms with Gasteiger partial charge in [-0.1, -0.05) is 36.4 Å². The summed E-state index contributed by atoms with van der Waals surface area (Å²) in [6.45, 7) is 0.414. The van der Waals surface area contributed by atoms with Gasteiger partial charge in [0.25, 0.3) is 5.91 Å². The zero-order valence-electron chi connectivity index (χ0n) is 13.6. The summed E-state index contributed by atoms with van der Waals surface area (Å²) in [5.41, 5.74) is 2.14. The van der Waals surface area contributed by atoms with Crippen molar-refractivity contribution >= 4 is 23.4 Å². The number of amides is 3. The summed E-state index contributed by atoms with van der Waals surface area (Å²) < 4.78 is 0. The number of imide groups is 1. The van der Waals surface area contributed by atoms with Crippen LogP contribution in [0.1, 0.15) is 28.8 Å². The van der Waals surface area contributed by atoms with Crippen LogP contribution in [0.15, 0.2) is 54.6 Å². The van der Waals surface area contributed by atoms with Gasteiger partial charge in [-0.2, -0.15) is 0 Å². The number of anilines is 1. The number of piperidine rings is 1. The normalized spacial score (nSPS) is 17.0. The number of para-hydroxylation sites is 1. The van der Waals surface area contributed by atoms with Crippen molar-refractivity contribution in [3.8, 4) is 0 Å². The first-order valence-corrected chi connectivity index (χ1v) is 8.15. The van der Waals surface area contributed by atoms with Gasteiger partial charge in [-0.15, -0.1) is 0 Å². The average molecular weight is 337 g/mol. The van der Waals surface area contributed by atoms with Crippen LogP contribution in [0.5, 0.6) is 0 Å². The van der Waals surface area contributed by atoms with Crippen LogP contribution in [-0.4, -0.2) is 23.8 Å². The number of hydrogen-bond donors (Lipinski definition) is 3. The molecular weight excluding hydrogens is 318 g/mol. The van der Waals surface area contributed by atoms with E-state index in [0.29, 0.717) is 30.6 Å². The maximum absolute atomic E-state index is 12.3. The smallest absolute Gasteiger partial charge is 0.255 e. The lowest BCUT2D eigenvalue weighted by molar-refractivity contribution is -0.134. The van der Waals surface area contributed by atoms with Crippen LogP contribution in [0.4, 0.5) is 5.69 Å². The van der Waals surface area contributed by atoms with Gasteiger partial charge in [0, 0.05) is 24.2 Å². The summed E-state index contributed by atoms with van der Waals surface area (Å²) in [5.74, 6) is -0.727. The molecule has 6 heteroatoms. The second-order valence-electron chi connectivity index (χ2n) is 5.86. The lowest BCUT2D eigenvalue weighted by Gasteiger charge is -2.22. The average Bonchev–Trinajstić information content (AvgIpc) is 2.63. The Hall–Kier alpha value is -2.99. The molecule has 0 spiro atoms. The fourth-order valence-corrected chi connectivity index (χ4v) is 2.70. The molecule has 0 bridgehead atoms. The van der Waals surface area contributed by atoms with Gasteiger partial charge in [-0.25, -0.2) is 0 Å². The zero-order chi connectivity index (χ0) is 17.6. The first kappa shape index (κ1) is 16.9. The molecule has 2 aromatic carbocycles. The van der Waals surface area contributed by atoms with Gasteiger partial charge in [-0.3, -0.25) is 19.7 Å². The van der Waals surface area contributed by atoms with E-state index in [0.717, 1.165) is 5.56 Å². The maximum atomic E-state index is 12.3.